The molecule has 0 radical (unpaired) electrons. The molecule has 9 rings (SSSR count). The first-order chi connectivity index (χ1) is 22.7. The number of rotatable bonds is 4. The molecule has 1 atom stereocenters. The van der Waals surface area contributed by atoms with E-state index in [9.17, 15) is 0 Å². The van der Waals surface area contributed by atoms with Gasteiger partial charge in [-0.2, -0.15) is 0 Å². The van der Waals surface area contributed by atoms with E-state index in [1.807, 2.05) is 18.2 Å². The Kier molecular flexibility index (Phi) is 6.31. The van der Waals surface area contributed by atoms with E-state index in [1.165, 1.54) is 11.1 Å². The van der Waals surface area contributed by atoms with Crippen molar-refractivity contribution in [2.45, 2.75) is 0 Å². The Morgan fingerprint density at radius 1 is 0.370 bits per heavy atom. The highest BCUT2D eigenvalue weighted by molar-refractivity contribution is 8.26. The fourth-order valence-electron chi connectivity index (χ4n) is 6.67. The Hall–Kier alpha value is -5.21. The van der Waals surface area contributed by atoms with Gasteiger partial charge in [0.1, 0.15) is 23.0 Å². The van der Waals surface area contributed by atoms with E-state index in [-0.39, 0.29) is 0 Å². The number of hydrogen-bond donors (Lipinski definition) is 0. The second-order valence-electron chi connectivity index (χ2n) is 11.6. The second kappa shape index (κ2) is 10.7. The van der Waals surface area contributed by atoms with Crippen molar-refractivity contribution in [3.05, 3.63) is 164 Å². The van der Waals surface area contributed by atoms with Gasteiger partial charge in [-0.15, -0.1) is 0 Å². The molecule has 0 amide bonds. The second-order valence-corrected chi connectivity index (χ2v) is 15.9. The number of ether oxygens (including phenoxy) is 2. The fraction of sp³-hybridized carbons (Fsp3) is 0. The molecule has 4 heteroatoms. The minimum atomic E-state index is -2.56. The zero-order valence-corrected chi connectivity index (χ0v) is 26.5. The average molecular weight is 627 g/mol. The first-order valence-corrected chi connectivity index (χ1v) is 18.2. The van der Waals surface area contributed by atoms with E-state index in [4.69, 9.17) is 21.3 Å². The van der Waals surface area contributed by atoms with Gasteiger partial charge in [0.2, 0.25) is 0 Å². The maximum Gasteiger partial charge on any atom is 0.148 e. The Bertz CT molecular complexity index is 2300. The third kappa shape index (κ3) is 4.28. The lowest BCUT2D eigenvalue weighted by Crippen LogP contribution is -2.35. The van der Waals surface area contributed by atoms with Gasteiger partial charge in [0.25, 0.3) is 0 Å². The van der Waals surface area contributed by atoms with E-state index in [1.54, 1.807) is 0 Å². The van der Waals surface area contributed by atoms with Crippen LogP contribution in [0.25, 0.3) is 44.5 Å². The van der Waals surface area contributed by atoms with Crippen molar-refractivity contribution in [1.29, 1.82) is 0 Å². The molecule has 0 aliphatic carbocycles. The molecule has 2 aliphatic rings. The molecular weight excluding hydrogens is 600 g/mol. The summed E-state index contributed by atoms with van der Waals surface area (Å²) in [7, 11) is 0. The van der Waals surface area contributed by atoms with Gasteiger partial charge in [-0.1, -0.05) is 139 Å². The van der Waals surface area contributed by atoms with Gasteiger partial charge in [-0.25, -0.2) is 0 Å². The lowest BCUT2D eigenvalue weighted by Gasteiger charge is -2.38. The van der Waals surface area contributed by atoms with Crippen molar-refractivity contribution in [2.75, 3.05) is 0 Å². The minimum Gasteiger partial charge on any atom is -0.456 e. The van der Waals surface area contributed by atoms with Crippen LogP contribution in [0.3, 0.4) is 0 Å². The first-order valence-electron chi connectivity index (χ1n) is 15.4. The highest BCUT2D eigenvalue weighted by Gasteiger charge is 2.43. The topological polar surface area (TPSA) is 18.5 Å². The van der Waals surface area contributed by atoms with E-state index in [2.05, 4.69) is 146 Å². The molecule has 2 nitrogen and oxygen atoms in total. The lowest BCUT2D eigenvalue weighted by molar-refractivity contribution is 0.468. The molecule has 0 aromatic heterocycles. The summed E-state index contributed by atoms with van der Waals surface area (Å²) in [6.45, 7) is 0. The van der Waals surface area contributed by atoms with Crippen molar-refractivity contribution >= 4 is 33.8 Å². The maximum absolute atomic E-state index is 6.94. The van der Waals surface area contributed by atoms with Crippen LogP contribution >= 0.6 is 6.04 Å². The van der Waals surface area contributed by atoms with E-state index < -0.39 is 6.04 Å². The fourth-order valence-corrected chi connectivity index (χ4v) is 11.1. The molecule has 0 saturated carbocycles. The quantitative estimate of drug-likeness (QED) is 0.181. The zero-order valence-electron chi connectivity index (χ0n) is 24.8. The molecule has 0 spiro atoms. The summed E-state index contributed by atoms with van der Waals surface area (Å²) < 4.78 is 13.6. The summed E-state index contributed by atoms with van der Waals surface area (Å²) in [4.78, 5) is 0. The smallest absolute Gasteiger partial charge is 0.148 e. The number of benzene rings is 7. The van der Waals surface area contributed by atoms with Crippen LogP contribution in [0, 0.1) is 0 Å². The first kappa shape index (κ1) is 27.1. The monoisotopic (exact) mass is 626 g/mol. The van der Waals surface area contributed by atoms with Crippen LogP contribution in [0.1, 0.15) is 0 Å². The molecule has 7 aromatic carbocycles. The van der Waals surface area contributed by atoms with Crippen LogP contribution in [0.4, 0.5) is 0 Å². The predicted molar refractivity (Wildman–Crippen MR) is 194 cm³/mol. The molecule has 46 heavy (non-hydrogen) atoms. The zero-order chi connectivity index (χ0) is 30.7. The normalized spacial score (nSPS) is 15.5. The summed E-state index contributed by atoms with van der Waals surface area (Å²) >= 11 is 6.92. The van der Waals surface area contributed by atoms with Crippen LogP contribution in [-0.4, -0.2) is 0 Å². The largest absolute Gasteiger partial charge is 0.456 e. The average Bonchev–Trinajstić information content (AvgIpc) is 3.12. The molecule has 218 valence electrons. The van der Waals surface area contributed by atoms with Crippen molar-refractivity contribution in [3.8, 4) is 67.5 Å². The molecule has 7 aromatic rings. The van der Waals surface area contributed by atoms with Crippen LogP contribution in [0.2, 0.25) is 0 Å². The van der Waals surface area contributed by atoms with Crippen LogP contribution < -0.4 is 25.4 Å². The summed E-state index contributed by atoms with van der Waals surface area (Å²) in [5.74, 6) is 3.21. The highest BCUT2D eigenvalue weighted by Crippen LogP contribution is 2.60. The summed E-state index contributed by atoms with van der Waals surface area (Å²) in [5, 5.41) is 3.11. The Morgan fingerprint density at radius 3 is 1.35 bits per heavy atom. The number of fused-ring (bicyclic) bond motifs is 4. The maximum atomic E-state index is 6.94. The molecule has 2 heterocycles. The Labute approximate surface area is 273 Å². The summed E-state index contributed by atoms with van der Waals surface area (Å²) in [5.41, 5.74) is 8.94. The van der Waals surface area contributed by atoms with Gasteiger partial charge in [-0.3, -0.25) is 0 Å². The van der Waals surface area contributed by atoms with Gasteiger partial charge in [0, 0.05) is 16.2 Å². The molecule has 0 N–H and O–H groups in total. The van der Waals surface area contributed by atoms with Crippen molar-refractivity contribution in [3.63, 3.8) is 0 Å². The third-order valence-corrected chi connectivity index (χ3v) is 13.8. The van der Waals surface area contributed by atoms with Crippen LogP contribution in [-0.2, 0) is 11.8 Å². The number of hydrogen-bond acceptors (Lipinski definition) is 3. The molecular formula is C42H27O2PS. The van der Waals surface area contributed by atoms with Crippen molar-refractivity contribution in [2.24, 2.45) is 0 Å². The molecule has 0 saturated heterocycles. The van der Waals surface area contributed by atoms with E-state index >= 15 is 0 Å². The third-order valence-electron chi connectivity index (χ3n) is 8.96. The van der Waals surface area contributed by atoms with E-state index in [0.717, 1.165) is 72.3 Å². The predicted octanol–water partition coefficient (Wildman–Crippen LogP) is 10.3. The Balaban J connectivity index is 1.24. The molecule has 0 fully saturated rings. The van der Waals surface area contributed by atoms with Gasteiger partial charge < -0.3 is 9.47 Å². The SMILES string of the molecule is S=P12c3ccc(-c4ccccc4)cc3Oc3ccc(-c4ccc(-c5ccccc5)cc4)c(c31)Oc1cc(-c3ccccc3)ccc12. The van der Waals surface area contributed by atoms with Crippen molar-refractivity contribution in [1.82, 2.24) is 0 Å². The van der Waals surface area contributed by atoms with Gasteiger partial charge in [0.05, 0.1) is 11.3 Å². The Morgan fingerprint density at radius 2 is 0.804 bits per heavy atom. The lowest BCUT2D eigenvalue weighted by atomic mass is 9.99. The highest BCUT2D eigenvalue weighted by atomic mass is 32.4. The summed E-state index contributed by atoms with van der Waals surface area (Å²) in [6.07, 6.45) is 0. The van der Waals surface area contributed by atoms with Crippen LogP contribution in [0.15, 0.2) is 164 Å². The van der Waals surface area contributed by atoms with Gasteiger partial charge >= 0.3 is 0 Å². The summed E-state index contributed by atoms with van der Waals surface area (Å²) in [6, 6.07) is 54.6. The molecule has 1 unspecified atom stereocenters. The van der Waals surface area contributed by atoms with Gasteiger partial charge in [-0.05, 0) is 75.3 Å². The van der Waals surface area contributed by atoms with Crippen LogP contribution in [0.5, 0.6) is 23.0 Å². The minimum absolute atomic E-state index is 0.776. The molecule has 2 aliphatic heterocycles. The van der Waals surface area contributed by atoms with E-state index in [0.29, 0.717) is 0 Å². The standard InChI is InChI=1S/C42H27O2PS/c46-45-39-24-20-33(29-12-6-2-7-13-29)26-37(39)43-36-23-22-35(32-18-16-31(17-19-32)28-10-4-1-5-11-28)41(42(36)45)44-38-27-34(21-25-40(38)45)30-14-8-3-9-15-30/h1-27H. The van der Waals surface area contributed by atoms with Crippen molar-refractivity contribution < 1.29 is 9.47 Å². The van der Waals surface area contributed by atoms with Gasteiger partial charge in [0.15, 0.2) is 0 Å². The molecule has 0 bridgehead atoms.